The van der Waals surface area contributed by atoms with Crippen LogP contribution in [0.2, 0.25) is 5.02 Å². The summed E-state index contributed by atoms with van der Waals surface area (Å²) in [6, 6.07) is 5.71. The lowest BCUT2D eigenvalue weighted by Gasteiger charge is -2.15. The smallest absolute Gasteiger partial charge is 0.389 e. The number of ether oxygens (including phenoxy) is 1. The molecule has 0 N–H and O–H groups in total. The van der Waals surface area contributed by atoms with Gasteiger partial charge in [-0.05, 0) is 38.8 Å². The Balaban J connectivity index is 2.56. The van der Waals surface area contributed by atoms with E-state index in [0.717, 1.165) is 15.9 Å². The van der Waals surface area contributed by atoms with Crippen molar-refractivity contribution in [3.63, 3.8) is 0 Å². The highest BCUT2D eigenvalue weighted by molar-refractivity contribution is 6.31. The number of pyridine rings is 1. The zero-order valence-corrected chi connectivity index (χ0v) is 13.1. The Morgan fingerprint density at radius 1 is 1.00 bits per heavy atom. The van der Waals surface area contributed by atoms with Crippen LogP contribution in [-0.4, -0.2) is 0 Å². The number of rotatable bonds is 2. The van der Waals surface area contributed by atoms with Crippen molar-refractivity contribution in [1.82, 2.24) is 0 Å². The first-order valence-corrected chi connectivity index (χ1v) is 6.84. The van der Waals surface area contributed by atoms with Crippen LogP contribution in [0, 0.1) is 39.8 Å². The number of aryl methyl sites for hydroxylation is 4. The molecular formula is C16H18ClNO2. The van der Waals surface area contributed by atoms with Crippen molar-refractivity contribution >= 4 is 11.6 Å². The van der Waals surface area contributed by atoms with Crippen LogP contribution < -0.4 is 9.47 Å². The standard InChI is InChI=1S/C16H18ClNO2/c1-9-6-10(2)15(11(3)7-9)20-16-13(5)14(17)8-12(4)18(16)19/h6-8H,1-5H3. The van der Waals surface area contributed by atoms with Gasteiger partial charge >= 0.3 is 5.88 Å². The van der Waals surface area contributed by atoms with E-state index in [1.807, 2.05) is 32.9 Å². The molecule has 0 aliphatic heterocycles. The molecule has 0 amide bonds. The van der Waals surface area contributed by atoms with Crippen LogP contribution in [0.3, 0.4) is 0 Å². The quantitative estimate of drug-likeness (QED) is 0.611. The number of hydrogen-bond acceptors (Lipinski definition) is 2. The minimum atomic E-state index is 0.241. The average Bonchev–Trinajstić information content (AvgIpc) is 2.34. The molecule has 0 fully saturated rings. The maximum Gasteiger partial charge on any atom is 0.389 e. The lowest BCUT2D eigenvalue weighted by molar-refractivity contribution is -0.618. The fourth-order valence-corrected chi connectivity index (χ4v) is 2.55. The normalized spacial score (nSPS) is 10.7. The Kier molecular flexibility index (Phi) is 3.91. The lowest BCUT2D eigenvalue weighted by atomic mass is 10.1. The lowest BCUT2D eigenvalue weighted by Crippen LogP contribution is -2.32. The molecule has 20 heavy (non-hydrogen) atoms. The SMILES string of the molecule is Cc1cc(C)c(Oc2c(C)c(Cl)cc(C)[n+]2[O-])c(C)c1. The molecule has 106 valence electrons. The third-order valence-electron chi connectivity index (χ3n) is 3.32. The molecule has 4 heteroatoms. The maximum atomic E-state index is 12.2. The van der Waals surface area contributed by atoms with E-state index >= 15 is 0 Å². The molecule has 2 rings (SSSR count). The molecule has 0 saturated heterocycles. The van der Waals surface area contributed by atoms with Crippen molar-refractivity contribution in [2.75, 3.05) is 0 Å². The highest BCUT2D eigenvalue weighted by Crippen LogP contribution is 2.32. The van der Waals surface area contributed by atoms with Crippen LogP contribution in [0.25, 0.3) is 0 Å². The van der Waals surface area contributed by atoms with Crippen molar-refractivity contribution in [1.29, 1.82) is 0 Å². The van der Waals surface area contributed by atoms with Gasteiger partial charge in [-0.1, -0.05) is 29.3 Å². The number of halogens is 1. The summed E-state index contributed by atoms with van der Waals surface area (Å²) in [4.78, 5) is 0. The molecular weight excluding hydrogens is 274 g/mol. The molecule has 0 aliphatic rings. The number of aromatic nitrogens is 1. The molecule has 3 nitrogen and oxygen atoms in total. The van der Waals surface area contributed by atoms with Gasteiger partial charge in [-0.25, -0.2) is 0 Å². The predicted molar refractivity (Wildman–Crippen MR) is 80.6 cm³/mol. The van der Waals surface area contributed by atoms with Crippen LogP contribution in [-0.2, 0) is 0 Å². The van der Waals surface area contributed by atoms with Gasteiger partial charge in [-0.3, -0.25) is 0 Å². The predicted octanol–water partition coefficient (Wildman–Crippen LogP) is 4.31. The first kappa shape index (κ1) is 14.7. The van der Waals surface area contributed by atoms with Gasteiger partial charge in [-0.2, -0.15) is 0 Å². The van der Waals surface area contributed by atoms with Crippen molar-refractivity contribution in [2.45, 2.75) is 34.6 Å². The minimum Gasteiger partial charge on any atom is -0.616 e. The second kappa shape index (κ2) is 5.33. The third-order valence-corrected chi connectivity index (χ3v) is 3.72. The summed E-state index contributed by atoms with van der Waals surface area (Å²) < 4.78 is 6.66. The van der Waals surface area contributed by atoms with E-state index in [2.05, 4.69) is 0 Å². The van der Waals surface area contributed by atoms with Gasteiger partial charge in [0.15, 0.2) is 5.69 Å². The van der Waals surface area contributed by atoms with Crippen LogP contribution >= 0.6 is 11.6 Å². The molecule has 0 unspecified atom stereocenters. The number of hydrogen-bond donors (Lipinski definition) is 0. The monoisotopic (exact) mass is 291 g/mol. The summed E-state index contributed by atoms with van der Waals surface area (Å²) in [5, 5.41) is 12.7. The minimum absolute atomic E-state index is 0.241. The van der Waals surface area contributed by atoms with Crippen molar-refractivity contribution < 1.29 is 9.47 Å². The molecule has 0 radical (unpaired) electrons. The largest absolute Gasteiger partial charge is 0.616 e. The van der Waals surface area contributed by atoms with E-state index in [9.17, 15) is 5.21 Å². The summed E-state index contributed by atoms with van der Waals surface area (Å²) in [6.07, 6.45) is 0. The molecule has 0 aliphatic carbocycles. The second-order valence-electron chi connectivity index (χ2n) is 5.19. The fraction of sp³-hybridized carbons (Fsp3) is 0.312. The van der Waals surface area contributed by atoms with E-state index in [1.165, 1.54) is 5.56 Å². The molecule has 1 heterocycles. The Morgan fingerprint density at radius 2 is 1.55 bits per heavy atom. The van der Waals surface area contributed by atoms with Gasteiger partial charge in [0, 0.05) is 13.0 Å². The first-order chi connectivity index (χ1) is 9.31. The molecule has 0 bridgehead atoms. The van der Waals surface area contributed by atoms with Crippen LogP contribution in [0.15, 0.2) is 18.2 Å². The van der Waals surface area contributed by atoms with Gasteiger partial charge in [0.1, 0.15) is 5.75 Å². The van der Waals surface area contributed by atoms with Crippen molar-refractivity contribution in [2.24, 2.45) is 0 Å². The van der Waals surface area contributed by atoms with Crippen LogP contribution in [0.1, 0.15) is 27.9 Å². The van der Waals surface area contributed by atoms with E-state index in [4.69, 9.17) is 16.3 Å². The van der Waals surface area contributed by atoms with E-state index in [1.54, 1.807) is 19.9 Å². The fourth-order valence-electron chi connectivity index (χ4n) is 2.31. The van der Waals surface area contributed by atoms with Gasteiger partial charge in [0.05, 0.1) is 10.6 Å². The van der Waals surface area contributed by atoms with Crippen molar-refractivity contribution in [3.8, 4) is 11.6 Å². The Morgan fingerprint density at radius 3 is 2.10 bits per heavy atom. The third kappa shape index (κ3) is 2.59. The number of benzene rings is 1. The van der Waals surface area contributed by atoms with E-state index in [-0.39, 0.29) is 5.88 Å². The maximum absolute atomic E-state index is 12.2. The van der Waals surface area contributed by atoms with Gasteiger partial charge < -0.3 is 9.94 Å². The van der Waals surface area contributed by atoms with Gasteiger partial charge in [0.25, 0.3) is 0 Å². The molecule has 0 saturated carbocycles. The van der Waals surface area contributed by atoms with Crippen molar-refractivity contribution in [3.05, 3.63) is 56.4 Å². The first-order valence-electron chi connectivity index (χ1n) is 6.46. The summed E-state index contributed by atoms with van der Waals surface area (Å²) in [6.45, 7) is 9.46. The average molecular weight is 292 g/mol. The van der Waals surface area contributed by atoms with Gasteiger partial charge in [0.2, 0.25) is 0 Å². The molecule has 2 aromatic rings. The highest BCUT2D eigenvalue weighted by Gasteiger charge is 2.20. The second-order valence-corrected chi connectivity index (χ2v) is 5.60. The molecule has 0 atom stereocenters. The highest BCUT2D eigenvalue weighted by atomic mass is 35.5. The zero-order chi connectivity index (χ0) is 15.0. The number of nitrogens with zero attached hydrogens (tertiary/aromatic N) is 1. The topological polar surface area (TPSA) is 36.2 Å². The summed E-state index contributed by atoms with van der Waals surface area (Å²) in [5.74, 6) is 0.954. The molecule has 1 aromatic carbocycles. The van der Waals surface area contributed by atoms with E-state index in [0.29, 0.717) is 22.0 Å². The van der Waals surface area contributed by atoms with Crippen LogP contribution in [0.5, 0.6) is 11.6 Å². The van der Waals surface area contributed by atoms with E-state index < -0.39 is 0 Å². The van der Waals surface area contributed by atoms with Gasteiger partial charge in [-0.15, -0.1) is 4.73 Å². The summed E-state index contributed by atoms with van der Waals surface area (Å²) >= 11 is 6.13. The summed E-state index contributed by atoms with van der Waals surface area (Å²) in [5.41, 5.74) is 4.32. The Hall–Kier alpha value is -1.74. The molecule has 1 aromatic heterocycles. The Bertz CT molecular complexity index is 631. The van der Waals surface area contributed by atoms with Crippen LogP contribution in [0.4, 0.5) is 0 Å². The Labute approximate surface area is 124 Å². The summed E-state index contributed by atoms with van der Waals surface area (Å²) in [7, 11) is 0. The zero-order valence-electron chi connectivity index (χ0n) is 12.4. The molecule has 0 spiro atoms.